The lowest BCUT2D eigenvalue weighted by Gasteiger charge is -2.31. The number of nitrogens with one attached hydrogen (secondary N) is 1. The highest BCUT2D eigenvalue weighted by atomic mass is 32.2. The third-order valence-corrected chi connectivity index (χ3v) is 4.62. The first-order valence-corrected chi connectivity index (χ1v) is 8.40. The highest BCUT2D eigenvalue weighted by Crippen LogP contribution is 2.30. The lowest BCUT2D eigenvalue weighted by atomic mass is 9.79. The largest absolute Gasteiger partial charge is 0.383 e. The second-order valence-electron chi connectivity index (χ2n) is 6.21. The minimum Gasteiger partial charge on any atom is -0.383 e. The Labute approximate surface area is 128 Å². The number of benzene rings is 1. The summed E-state index contributed by atoms with van der Waals surface area (Å²) in [5, 5.41) is 3.51. The molecule has 1 aromatic carbocycles. The van der Waals surface area contributed by atoms with E-state index in [0.717, 1.165) is 19.7 Å². The molecule has 0 radical (unpaired) electrons. The number of rotatable bonds is 9. The smallest absolute Gasteiger partial charge is 0.0587 e. The lowest BCUT2D eigenvalue weighted by molar-refractivity contribution is 0.185. The predicted molar refractivity (Wildman–Crippen MR) is 89.5 cm³/mol. The Morgan fingerprint density at radius 3 is 2.50 bits per heavy atom. The maximum atomic E-state index is 5.08. The van der Waals surface area contributed by atoms with Crippen LogP contribution in [0.3, 0.4) is 0 Å². The molecule has 2 nitrogen and oxygen atoms in total. The zero-order chi connectivity index (χ0) is 14.8. The summed E-state index contributed by atoms with van der Waals surface area (Å²) >= 11 is 1.96. The number of methoxy groups -OCH3 is 1. The van der Waals surface area contributed by atoms with Crippen molar-refractivity contribution in [1.29, 1.82) is 0 Å². The van der Waals surface area contributed by atoms with Crippen molar-refractivity contribution in [3.63, 3.8) is 0 Å². The third-order valence-electron chi connectivity index (χ3n) is 3.58. The van der Waals surface area contributed by atoms with Crippen LogP contribution < -0.4 is 5.32 Å². The highest BCUT2D eigenvalue weighted by molar-refractivity contribution is 7.99. The van der Waals surface area contributed by atoms with Crippen molar-refractivity contribution < 1.29 is 4.74 Å². The van der Waals surface area contributed by atoms with E-state index in [1.54, 1.807) is 7.11 Å². The van der Waals surface area contributed by atoms with Crippen LogP contribution in [-0.4, -0.2) is 32.6 Å². The molecule has 1 atom stereocenters. The molecule has 0 aliphatic heterocycles. The first-order valence-electron chi connectivity index (χ1n) is 7.41. The molecule has 3 heteroatoms. The van der Waals surface area contributed by atoms with E-state index in [2.05, 4.69) is 56.4 Å². The van der Waals surface area contributed by atoms with Gasteiger partial charge >= 0.3 is 0 Å². The molecular formula is C17H29NOS. The summed E-state index contributed by atoms with van der Waals surface area (Å²) in [4.78, 5) is 1.37. The molecule has 0 amide bonds. The van der Waals surface area contributed by atoms with Gasteiger partial charge in [-0.3, -0.25) is 0 Å². The van der Waals surface area contributed by atoms with Crippen LogP contribution in [0.5, 0.6) is 0 Å². The molecule has 0 heterocycles. The summed E-state index contributed by atoms with van der Waals surface area (Å²) in [6.07, 6.45) is 1.24. The fourth-order valence-corrected chi connectivity index (χ4v) is 3.12. The zero-order valence-electron chi connectivity index (χ0n) is 13.3. The van der Waals surface area contributed by atoms with Gasteiger partial charge in [-0.25, -0.2) is 0 Å². The van der Waals surface area contributed by atoms with E-state index in [9.17, 15) is 0 Å². The van der Waals surface area contributed by atoms with Gasteiger partial charge in [0, 0.05) is 18.6 Å². The van der Waals surface area contributed by atoms with Crippen LogP contribution in [0, 0.1) is 11.3 Å². The summed E-state index contributed by atoms with van der Waals surface area (Å²) in [5.41, 5.74) is 0.345. The molecular weight excluding hydrogens is 266 g/mol. The number of ether oxygens (including phenoxy) is 1. The average molecular weight is 295 g/mol. The van der Waals surface area contributed by atoms with E-state index in [4.69, 9.17) is 4.74 Å². The first kappa shape index (κ1) is 17.5. The van der Waals surface area contributed by atoms with Crippen molar-refractivity contribution in [3.05, 3.63) is 30.3 Å². The summed E-state index contributed by atoms with van der Waals surface area (Å²) in [7, 11) is 1.75. The first-order chi connectivity index (χ1) is 9.54. The Hall–Kier alpha value is -0.510. The molecule has 0 aliphatic carbocycles. The number of hydrogen-bond acceptors (Lipinski definition) is 3. The molecule has 1 unspecified atom stereocenters. The van der Waals surface area contributed by atoms with Crippen LogP contribution in [-0.2, 0) is 4.74 Å². The Kier molecular flexibility index (Phi) is 8.27. The molecule has 0 spiro atoms. The van der Waals surface area contributed by atoms with Crippen molar-refractivity contribution in [3.8, 4) is 0 Å². The van der Waals surface area contributed by atoms with Gasteiger partial charge in [0.15, 0.2) is 0 Å². The third kappa shape index (κ3) is 7.32. The molecule has 114 valence electrons. The van der Waals surface area contributed by atoms with Crippen LogP contribution in [0.25, 0.3) is 0 Å². The van der Waals surface area contributed by atoms with E-state index in [0.29, 0.717) is 11.3 Å². The van der Waals surface area contributed by atoms with Crippen molar-refractivity contribution >= 4 is 11.8 Å². The van der Waals surface area contributed by atoms with Gasteiger partial charge in [0.05, 0.1) is 6.61 Å². The Morgan fingerprint density at radius 1 is 1.20 bits per heavy atom. The maximum Gasteiger partial charge on any atom is 0.0587 e. The van der Waals surface area contributed by atoms with Gasteiger partial charge in [0.1, 0.15) is 0 Å². The van der Waals surface area contributed by atoms with Crippen LogP contribution in [0.15, 0.2) is 35.2 Å². The molecule has 0 aliphatic rings. The fraction of sp³-hybridized carbons (Fsp3) is 0.647. The van der Waals surface area contributed by atoms with Gasteiger partial charge in [0.2, 0.25) is 0 Å². The van der Waals surface area contributed by atoms with Crippen molar-refractivity contribution in [2.45, 2.75) is 32.1 Å². The summed E-state index contributed by atoms with van der Waals surface area (Å²) < 4.78 is 5.08. The van der Waals surface area contributed by atoms with E-state index in [1.807, 2.05) is 11.8 Å². The molecule has 0 aromatic heterocycles. The van der Waals surface area contributed by atoms with Gasteiger partial charge < -0.3 is 10.1 Å². The lowest BCUT2D eigenvalue weighted by Crippen LogP contribution is -2.33. The molecule has 1 N–H and O–H groups in total. The van der Waals surface area contributed by atoms with Crippen molar-refractivity contribution in [2.24, 2.45) is 11.3 Å². The quantitative estimate of drug-likeness (QED) is 0.548. The molecule has 1 aromatic rings. The fourth-order valence-electron chi connectivity index (χ4n) is 2.13. The Bertz CT molecular complexity index is 348. The van der Waals surface area contributed by atoms with Crippen LogP contribution in [0.2, 0.25) is 0 Å². The van der Waals surface area contributed by atoms with Crippen LogP contribution in [0.1, 0.15) is 27.2 Å². The summed E-state index contributed by atoms with van der Waals surface area (Å²) in [6.45, 7) is 9.81. The minimum absolute atomic E-state index is 0.345. The molecule has 0 fully saturated rings. The SMILES string of the molecule is COCCNCC(CCSc1ccccc1)C(C)(C)C. The molecule has 0 saturated carbocycles. The van der Waals surface area contributed by atoms with Gasteiger partial charge in [-0.15, -0.1) is 11.8 Å². The maximum absolute atomic E-state index is 5.08. The normalized spacial score (nSPS) is 13.4. The monoisotopic (exact) mass is 295 g/mol. The van der Waals surface area contributed by atoms with Crippen LogP contribution in [0.4, 0.5) is 0 Å². The van der Waals surface area contributed by atoms with Gasteiger partial charge in [0.25, 0.3) is 0 Å². The highest BCUT2D eigenvalue weighted by Gasteiger charge is 2.23. The van der Waals surface area contributed by atoms with E-state index in [-0.39, 0.29) is 0 Å². The molecule has 1 rings (SSSR count). The van der Waals surface area contributed by atoms with Crippen LogP contribution >= 0.6 is 11.8 Å². The molecule has 0 bridgehead atoms. The summed E-state index contributed by atoms with van der Waals surface area (Å²) in [6, 6.07) is 10.7. The Balaban J connectivity index is 2.33. The number of hydrogen-bond donors (Lipinski definition) is 1. The van der Waals surface area contributed by atoms with E-state index >= 15 is 0 Å². The molecule has 0 saturated heterocycles. The van der Waals surface area contributed by atoms with Gasteiger partial charge in [-0.2, -0.15) is 0 Å². The average Bonchev–Trinajstić information content (AvgIpc) is 2.41. The van der Waals surface area contributed by atoms with Gasteiger partial charge in [-0.05, 0) is 42.2 Å². The second-order valence-corrected chi connectivity index (χ2v) is 7.38. The minimum atomic E-state index is 0.345. The molecule has 20 heavy (non-hydrogen) atoms. The Morgan fingerprint density at radius 2 is 1.90 bits per heavy atom. The predicted octanol–water partition coefficient (Wildman–Crippen LogP) is 4.07. The number of thioether (sulfide) groups is 1. The summed E-state index contributed by atoms with van der Waals surface area (Å²) in [5.74, 6) is 1.87. The standard InChI is InChI=1S/C17H29NOS/c1-17(2,3)15(14-18-11-12-19-4)10-13-20-16-8-6-5-7-9-16/h5-9,15,18H,10-14H2,1-4H3. The van der Waals surface area contributed by atoms with E-state index in [1.165, 1.54) is 17.1 Å². The topological polar surface area (TPSA) is 21.3 Å². The second kappa shape index (κ2) is 9.43. The zero-order valence-corrected chi connectivity index (χ0v) is 14.1. The van der Waals surface area contributed by atoms with Crippen molar-refractivity contribution in [1.82, 2.24) is 5.32 Å². The van der Waals surface area contributed by atoms with Crippen molar-refractivity contribution in [2.75, 3.05) is 32.6 Å². The van der Waals surface area contributed by atoms with E-state index < -0.39 is 0 Å². The van der Waals surface area contributed by atoms with Gasteiger partial charge in [-0.1, -0.05) is 39.0 Å².